The van der Waals surface area contributed by atoms with Gasteiger partial charge in [-0.25, -0.2) is 4.98 Å². The van der Waals surface area contributed by atoms with Crippen molar-refractivity contribution < 1.29 is 12.6 Å². The third-order valence-electron chi connectivity index (χ3n) is 2.17. The van der Waals surface area contributed by atoms with E-state index in [1.54, 1.807) is 24.3 Å². The minimum atomic E-state index is -3.76. The standard InChI is InChI=1S/C12H9BrClNO3S/c13-11-6-10(14)7-15-12(11)18-19(16,17)8-9-4-2-1-3-5-9/h1-7H,8H2. The van der Waals surface area contributed by atoms with Gasteiger partial charge in [0.2, 0.25) is 5.88 Å². The zero-order valence-electron chi connectivity index (χ0n) is 9.58. The van der Waals surface area contributed by atoms with Gasteiger partial charge in [0.25, 0.3) is 0 Å². The fourth-order valence-corrected chi connectivity index (χ4v) is 3.25. The first-order chi connectivity index (χ1) is 8.96. The topological polar surface area (TPSA) is 56.3 Å². The van der Waals surface area contributed by atoms with E-state index in [-0.39, 0.29) is 11.6 Å². The molecule has 0 amide bonds. The summed E-state index contributed by atoms with van der Waals surface area (Å²) in [6.45, 7) is 0. The monoisotopic (exact) mass is 361 g/mol. The molecule has 0 atom stereocenters. The molecule has 0 saturated carbocycles. The summed E-state index contributed by atoms with van der Waals surface area (Å²) in [5.74, 6) is -0.245. The molecule has 2 aromatic rings. The lowest BCUT2D eigenvalue weighted by molar-refractivity contribution is 0.473. The van der Waals surface area contributed by atoms with Gasteiger partial charge in [-0.05, 0) is 27.6 Å². The van der Waals surface area contributed by atoms with E-state index < -0.39 is 10.1 Å². The Hall–Kier alpha value is -1.11. The number of aromatic nitrogens is 1. The zero-order chi connectivity index (χ0) is 13.9. The molecule has 7 heteroatoms. The molecule has 0 fully saturated rings. The maximum Gasteiger partial charge on any atom is 0.314 e. The van der Waals surface area contributed by atoms with Crippen LogP contribution in [0.4, 0.5) is 0 Å². The number of hydrogen-bond acceptors (Lipinski definition) is 4. The highest BCUT2D eigenvalue weighted by Gasteiger charge is 2.17. The normalized spacial score (nSPS) is 11.3. The van der Waals surface area contributed by atoms with E-state index in [1.165, 1.54) is 12.3 Å². The molecule has 0 aliphatic rings. The lowest BCUT2D eigenvalue weighted by atomic mass is 10.2. The number of benzene rings is 1. The Morgan fingerprint density at radius 3 is 2.58 bits per heavy atom. The predicted molar refractivity (Wildman–Crippen MR) is 76.6 cm³/mol. The Morgan fingerprint density at radius 1 is 1.26 bits per heavy atom. The SMILES string of the molecule is O=S(=O)(Cc1ccccc1)Oc1ncc(Cl)cc1Br. The van der Waals surface area contributed by atoms with E-state index in [9.17, 15) is 8.42 Å². The van der Waals surface area contributed by atoms with Crippen LogP contribution in [0, 0.1) is 0 Å². The summed E-state index contributed by atoms with van der Waals surface area (Å²) >= 11 is 8.87. The quantitative estimate of drug-likeness (QED) is 0.782. The van der Waals surface area contributed by atoms with Crippen LogP contribution >= 0.6 is 27.5 Å². The first-order valence-electron chi connectivity index (χ1n) is 5.23. The molecule has 19 heavy (non-hydrogen) atoms. The highest BCUT2D eigenvalue weighted by Crippen LogP contribution is 2.26. The van der Waals surface area contributed by atoms with Crippen molar-refractivity contribution in [1.29, 1.82) is 0 Å². The van der Waals surface area contributed by atoms with Crippen LogP contribution in [0.15, 0.2) is 47.1 Å². The van der Waals surface area contributed by atoms with E-state index in [0.29, 0.717) is 15.1 Å². The van der Waals surface area contributed by atoms with E-state index in [1.807, 2.05) is 6.07 Å². The van der Waals surface area contributed by atoms with E-state index in [2.05, 4.69) is 20.9 Å². The molecule has 1 heterocycles. The minimum Gasteiger partial charge on any atom is -0.360 e. The summed E-state index contributed by atoms with van der Waals surface area (Å²) in [6, 6.07) is 10.3. The molecule has 0 spiro atoms. The van der Waals surface area contributed by atoms with Gasteiger partial charge in [0.05, 0.1) is 9.50 Å². The second-order valence-electron chi connectivity index (χ2n) is 3.71. The Balaban J connectivity index is 2.17. The summed E-state index contributed by atoms with van der Waals surface area (Å²) in [7, 11) is -3.76. The van der Waals surface area contributed by atoms with Gasteiger partial charge in [0.1, 0.15) is 5.75 Å². The smallest absolute Gasteiger partial charge is 0.314 e. The number of nitrogens with zero attached hydrogens (tertiary/aromatic N) is 1. The van der Waals surface area contributed by atoms with Crippen molar-refractivity contribution in [2.75, 3.05) is 0 Å². The highest BCUT2D eigenvalue weighted by atomic mass is 79.9. The molecule has 0 aliphatic carbocycles. The Bertz CT molecular complexity index is 677. The average Bonchev–Trinajstić information content (AvgIpc) is 2.33. The van der Waals surface area contributed by atoms with Crippen molar-refractivity contribution in [2.24, 2.45) is 0 Å². The summed E-state index contributed by atoms with van der Waals surface area (Å²) in [5.41, 5.74) is 0.646. The van der Waals surface area contributed by atoms with Crippen molar-refractivity contribution in [3.05, 3.63) is 57.7 Å². The fourth-order valence-electron chi connectivity index (χ4n) is 1.39. The second kappa shape index (κ2) is 5.90. The van der Waals surface area contributed by atoms with Gasteiger partial charge in [-0.15, -0.1) is 0 Å². The number of halogens is 2. The van der Waals surface area contributed by atoms with Crippen molar-refractivity contribution in [2.45, 2.75) is 5.75 Å². The van der Waals surface area contributed by atoms with Crippen LogP contribution in [-0.4, -0.2) is 13.4 Å². The van der Waals surface area contributed by atoms with Crippen molar-refractivity contribution in [3.63, 3.8) is 0 Å². The first kappa shape index (κ1) is 14.3. The van der Waals surface area contributed by atoms with Gasteiger partial charge in [0, 0.05) is 6.20 Å². The molecular weight excluding hydrogens is 354 g/mol. The van der Waals surface area contributed by atoms with Crippen molar-refractivity contribution >= 4 is 37.6 Å². The lowest BCUT2D eigenvalue weighted by Gasteiger charge is -2.07. The van der Waals surface area contributed by atoms with Crippen LogP contribution in [0.2, 0.25) is 5.02 Å². The molecule has 1 aromatic heterocycles. The largest absolute Gasteiger partial charge is 0.360 e. The molecule has 0 aliphatic heterocycles. The molecule has 0 unspecified atom stereocenters. The van der Waals surface area contributed by atoms with Gasteiger partial charge in [-0.2, -0.15) is 8.42 Å². The first-order valence-corrected chi connectivity index (χ1v) is 7.98. The number of rotatable bonds is 4. The summed E-state index contributed by atoms with van der Waals surface area (Å²) < 4.78 is 29.1. The molecule has 0 radical (unpaired) electrons. The lowest BCUT2D eigenvalue weighted by Crippen LogP contribution is -2.13. The van der Waals surface area contributed by atoms with Crippen LogP contribution in [0.25, 0.3) is 0 Å². The number of hydrogen-bond donors (Lipinski definition) is 0. The number of pyridine rings is 1. The Labute approximate surface area is 124 Å². The van der Waals surface area contributed by atoms with Crippen LogP contribution in [-0.2, 0) is 15.9 Å². The summed E-state index contributed by atoms with van der Waals surface area (Å²) in [4.78, 5) is 3.82. The summed E-state index contributed by atoms with van der Waals surface area (Å²) in [6.07, 6.45) is 1.32. The molecule has 4 nitrogen and oxygen atoms in total. The molecule has 1 aromatic carbocycles. The predicted octanol–water partition coefficient (Wildman–Crippen LogP) is 3.41. The van der Waals surface area contributed by atoms with Gasteiger partial charge >= 0.3 is 10.1 Å². The Morgan fingerprint density at radius 2 is 1.95 bits per heavy atom. The maximum absolute atomic E-state index is 11.9. The van der Waals surface area contributed by atoms with Crippen LogP contribution in [0.5, 0.6) is 5.88 Å². The van der Waals surface area contributed by atoms with Crippen LogP contribution in [0.3, 0.4) is 0 Å². The summed E-state index contributed by atoms with van der Waals surface area (Å²) in [5, 5.41) is 0.389. The molecule has 100 valence electrons. The van der Waals surface area contributed by atoms with E-state index in [4.69, 9.17) is 15.8 Å². The van der Waals surface area contributed by atoms with Gasteiger partial charge < -0.3 is 4.18 Å². The second-order valence-corrected chi connectivity index (χ2v) is 6.57. The van der Waals surface area contributed by atoms with Gasteiger partial charge in [-0.3, -0.25) is 0 Å². The van der Waals surface area contributed by atoms with Gasteiger partial charge in [0.15, 0.2) is 0 Å². The van der Waals surface area contributed by atoms with E-state index in [0.717, 1.165) is 0 Å². The van der Waals surface area contributed by atoms with E-state index >= 15 is 0 Å². The molecular formula is C12H9BrClNO3S. The molecule has 2 rings (SSSR count). The van der Waals surface area contributed by atoms with Crippen LogP contribution in [0.1, 0.15) is 5.56 Å². The van der Waals surface area contributed by atoms with Crippen LogP contribution < -0.4 is 4.18 Å². The average molecular weight is 363 g/mol. The molecule has 0 bridgehead atoms. The zero-order valence-corrected chi connectivity index (χ0v) is 12.7. The highest BCUT2D eigenvalue weighted by molar-refractivity contribution is 9.10. The molecule has 0 saturated heterocycles. The fraction of sp³-hybridized carbons (Fsp3) is 0.0833. The van der Waals surface area contributed by atoms with Crippen molar-refractivity contribution in [1.82, 2.24) is 4.98 Å². The third-order valence-corrected chi connectivity index (χ3v) is 4.04. The van der Waals surface area contributed by atoms with Crippen molar-refractivity contribution in [3.8, 4) is 5.88 Å². The maximum atomic E-state index is 11.9. The Kier molecular flexibility index (Phi) is 4.44. The van der Waals surface area contributed by atoms with Gasteiger partial charge in [-0.1, -0.05) is 41.9 Å². The third kappa shape index (κ3) is 4.19. The minimum absolute atomic E-state index is 0.0275. The molecule has 0 N–H and O–H groups in total.